The first-order valence-corrected chi connectivity index (χ1v) is 13.8. The standard InChI is InChI=1S/C32H21F5N2O5S/c1-15-3-7-19-26(11-15)45-28(30(41)38-18-6-9-24(34)22(14-18)32(35,36)37)27(19)39-29(40)21-12-16(5-10-25(21)44-2)20-13-17(31(42)43)4-8-23(20)33/h3-14H,1-2H3,(H,38,41)(H,39,40)(H,42,43). The Kier molecular flexibility index (Phi) is 8.30. The van der Waals surface area contributed by atoms with Crippen LogP contribution in [-0.4, -0.2) is 30.0 Å². The van der Waals surface area contributed by atoms with Crippen molar-refractivity contribution in [3.63, 3.8) is 0 Å². The number of rotatable bonds is 7. The smallest absolute Gasteiger partial charge is 0.419 e. The number of methoxy groups -OCH3 is 1. The molecule has 0 aliphatic rings. The summed E-state index contributed by atoms with van der Waals surface area (Å²) in [5, 5.41) is 14.8. The van der Waals surface area contributed by atoms with Gasteiger partial charge in [0.05, 0.1) is 29.5 Å². The lowest BCUT2D eigenvalue weighted by Gasteiger charge is -2.14. The minimum atomic E-state index is -5.00. The number of fused-ring (bicyclic) bond motifs is 1. The van der Waals surface area contributed by atoms with Crippen molar-refractivity contribution < 1.29 is 46.2 Å². The van der Waals surface area contributed by atoms with Crippen LogP contribution in [0.2, 0.25) is 0 Å². The molecule has 1 heterocycles. The summed E-state index contributed by atoms with van der Waals surface area (Å²) < 4.78 is 74.2. The normalized spacial score (nSPS) is 11.4. The number of benzene rings is 4. The molecule has 5 rings (SSSR count). The van der Waals surface area contributed by atoms with Crippen LogP contribution in [-0.2, 0) is 6.18 Å². The van der Waals surface area contributed by atoms with Gasteiger partial charge in [0.15, 0.2) is 0 Å². The number of halogens is 5. The number of aryl methyl sites for hydroxylation is 1. The van der Waals surface area contributed by atoms with Crippen LogP contribution in [0, 0.1) is 18.6 Å². The van der Waals surface area contributed by atoms with E-state index in [0.29, 0.717) is 22.2 Å². The summed E-state index contributed by atoms with van der Waals surface area (Å²) >= 11 is 0.972. The van der Waals surface area contributed by atoms with Gasteiger partial charge in [-0.2, -0.15) is 13.2 Å². The molecule has 0 spiro atoms. The molecule has 0 saturated carbocycles. The van der Waals surface area contributed by atoms with Crippen molar-refractivity contribution >= 4 is 50.6 Å². The van der Waals surface area contributed by atoms with Crippen LogP contribution in [0.15, 0.2) is 72.8 Å². The minimum Gasteiger partial charge on any atom is -0.496 e. The van der Waals surface area contributed by atoms with Crippen LogP contribution >= 0.6 is 11.3 Å². The topological polar surface area (TPSA) is 105 Å². The number of nitrogens with one attached hydrogen (secondary N) is 2. The van der Waals surface area contributed by atoms with E-state index < -0.39 is 41.2 Å². The zero-order chi connectivity index (χ0) is 32.6. The number of carbonyl (C=O) groups is 3. The van der Waals surface area contributed by atoms with Gasteiger partial charge in [-0.1, -0.05) is 18.2 Å². The predicted octanol–water partition coefficient (Wildman–Crippen LogP) is 8.39. The number of amides is 2. The summed E-state index contributed by atoms with van der Waals surface area (Å²) in [6, 6.07) is 14.5. The summed E-state index contributed by atoms with van der Waals surface area (Å²) in [5.74, 6) is -5.07. The lowest BCUT2D eigenvalue weighted by atomic mass is 9.99. The number of hydrogen-bond donors (Lipinski definition) is 3. The molecule has 0 radical (unpaired) electrons. The van der Waals surface area contributed by atoms with Crippen molar-refractivity contribution in [1.29, 1.82) is 0 Å². The van der Waals surface area contributed by atoms with Crippen LogP contribution in [0.25, 0.3) is 21.2 Å². The van der Waals surface area contributed by atoms with Crippen LogP contribution in [0.4, 0.5) is 33.3 Å². The number of aromatic carboxylic acids is 1. The summed E-state index contributed by atoms with van der Waals surface area (Å²) in [6.07, 6.45) is -5.00. The Balaban J connectivity index is 1.55. The second-order valence-electron chi connectivity index (χ2n) is 9.82. The Morgan fingerprint density at radius 2 is 1.58 bits per heavy atom. The van der Waals surface area contributed by atoms with Crippen molar-refractivity contribution in [3.8, 4) is 16.9 Å². The van der Waals surface area contributed by atoms with Crippen molar-refractivity contribution in [1.82, 2.24) is 0 Å². The molecule has 0 fully saturated rings. The molecule has 0 aliphatic carbocycles. The average molecular weight is 641 g/mol. The van der Waals surface area contributed by atoms with Gasteiger partial charge < -0.3 is 20.5 Å². The lowest BCUT2D eigenvalue weighted by molar-refractivity contribution is -0.139. The molecule has 13 heteroatoms. The highest BCUT2D eigenvalue weighted by molar-refractivity contribution is 7.21. The number of carboxylic acid groups (broad SMARTS) is 1. The molecule has 5 aromatic rings. The van der Waals surface area contributed by atoms with Crippen molar-refractivity contribution in [2.75, 3.05) is 17.7 Å². The Morgan fingerprint density at radius 1 is 0.844 bits per heavy atom. The first kappa shape index (κ1) is 31.1. The van der Waals surface area contributed by atoms with Crippen LogP contribution < -0.4 is 15.4 Å². The van der Waals surface area contributed by atoms with Gasteiger partial charge >= 0.3 is 12.1 Å². The fourth-order valence-corrected chi connectivity index (χ4v) is 5.76. The van der Waals surface area contributed by atoms with Crippen LogP contribution in [0.5, 0.6) is 5.75 Å². The molecule has 3 N–H and O–H groups in total. The highest BCUT2D eigenvalue weighted by Crippen LogP contribution is 2.39. The average Bonchev–Trinajstić information content (AvgIpc) is 3.34. The molecule has 7 nitrogen and oxygen atoms in total. The highest BCUT2D eigenvalue weighted by Gasteiger charge is 2.34. The molecule has 4 aromatic carbocycles. The Labute approximate surface area is 255 Å². The highest BCUT2D eigenvalue weighted by atomic mass is 32.1. The Morgan fingerprint density at radius 3 is 2.27 bits per heavy atom. The Hall–Kier alpha value is -5.30. The summed E-state index contributed by atoms with van der Waals surface area (Å²) in [7, 11) is 1.30. The van der Waals surface area contributed by atoms with E-state index in [4.69, 9.17) is 4.74 Å². The largest absolute Gasteiger partial charge is 0.496 e. The van der Waals surface area contributed by atoms with E-state index in [1.807, 2.05) is 6.92 Å². The molecule has 0 saturated heterocycles. The third-order valence-corrected chi connectivity index (χ3v) is 7.94. The molecular formula is C32H21F5N2O5S. The number of anilines is 2. The molecule has 0 aliphatic heterocycles. The quantitative estimate of drug-likeness (QED) is 0.155. The second-order valence-corrected chi connectivity index (χ2v) is 10.9. The number of ether oxygens (including phenoxy) is 1. The second kappa shape index (κ2) is 12.0. The zero-order valence-corrected chi connectivity index (χ0v) is 24.1. The van der Waals surface area contributed by atoms with Gasteiger partial charge in [0, 0.05) is 21.3 Å². The van der Waals surface area contributed by atoms with E-state index in [2.05, 4.69) is 10.6 Å². The molecule has 0 unspecified atom stereocenters. The molecule has 1 aromatic heterocycles. The van der Waals surface area contributed by atoms with Gasteiger partial charge in [0.2, 0.25) is 0 Å². The molecule has 0 bridgehead atoms. The SMILES string of the molecule is COc1ccc(-c2cc(C(=O)O)ccc2F)cc1C(=O)Nc1c(C(=O)Nc2ccc(F)c(C(F)(F)F)c2)sc2cc(C)ccc12. The third-order valence-electron chi connectivity index (χ3n) is 6.79. The van der Waals surface area contributed by atoms with Crippen molar-refractivity contribution in [2.45, 2.75) is 13.1 Å². The van der Waals surface area contributed by atoms with Crippen LogP contribution in [0.1, 0.15) is 41.5 Å². The number of hydrogen-bond acceptors (Lipinski definition) is 5. The molecule has 45 heavy (non-hydrogen) atoms. The number of thiophene rings is 1. The molecular weight excluding hydrogens is 619 g/mol. The number of carboxylic acids is 1. The van der Waals surface area contributed by atoms with Crippen LogP contribution in [0.3, 0.4) is 0 Å². The molecule has 0 atom stereocenters. The first-order chi connectivity index (χ1) is 21.3. The minimum absolute atomic E-state index is 0.0437. The van der Waals surface area contributed by atoms with Gasteiger partial charge in [-0.05, 0) is 72.6 Å². The molecule has 230 valence electrons. The predicted molar refractivity (Wildman–Crippen MR) is 159 cm³/mol. The monoisotopic (exact) mass is 640 g/mol. The summed E-state index contributed by atoms with van der Waals surface area (Å²) in [6.45, 7) is 1.81. The van der Waals surface area contributed by atoms with E-state index in [1.165, 1.54) is 25.3 Å². The van der Waals surface area contributed by atoms with Crippen molar-refractivity contribution in [2.24, 2.45) is 0 Å². The maximum absolute atomic E-state index is 14.7. The molecule has 2 amide bonds. The van der Waals surface area contributed by atoms with Gasteiger partial charge in [0.1, 0.15) is 22.3 Å². The van der Waals surface area contributed by atoms with E-state index >= 15 is 0 Å². The third kappa shape index (κ3) is 6.34. The Bertz CT molecular complexity index is 2000. The van der Waals surface area contributed by atoms with Gasteiger partial charge in [-0.3, -0.25) is 9.59 Å². The van der Waals surface area contributed by atoms with E-state index in [-0.39, 0.29) is 44.3 Å². The van der Waals surface area contributed by atoms with E-state index in [1.54, 1.807) is 18.2 Å². The zero-order valence-electron chi connectivity index (χ0n) is 23.3. The first-order valence-electron chi connectivity index (χ1n) is 13.0. The lowest BCUT2D eigenvalue weighted by Crippen LogP contribution is -2.18. The van der Waals surface area contributed by atoms with E-state index in [0.717, 1.165) is 41.2 Å². The maximum Gasteiger partial charge on any atom is 0.419 e. The number of alkyl halides is 3. The number of carbonyl (C=O) groups excluding carboxylic acids is 2. The summed E-state index contributed by atoms with van der Waals surface area (Å²) in [5.41, 5.74) is -1.17. The van der Waals surface area contributed by atoms with Gasteiger partial charge in [-0.15, -0.1) is 11.3 Å². The van der Waals surface area contributed by atoms with Gasteiger partial charge in [0.25, 0.3) is 11.8 Å². The van der Waals surface area contributed by atoms with E-state index in [9.17, 15) is 41.4 Å². The summed E-state index contributed by atoms with van der Waals surface area (Å²) in [4.78, 5) is 38.5. The fraction of sp³-hybridized carbons (Fsp3) is 0.0938. The van der Waals surface area contributed by atoms with Crippen molar-refractivity contribution in [3.05, 3.63) is 112 Å². The fourth-order valence-electron chi connectivity index (χ4n) is 4.61. The maximum atomic E-state index is 14.7. The van der Waals surface area contributed by atoms with Gasteiger partial charge in [-0.25, -0.2) is 13.6 Å².